The third-order valence-electron chi connectivity index (χ3n) is 5.17. The first kappa shape index (κ1) is 21.7. The van der Waals surface area contributed by atoms with Gasteiger partial charge in [-0.3, -0.25) is 4.79 Å². The standard InChI is InChI=1S/C26H21N3O4/c30-23-15-14-18-10-4-5-11-19(18)24(23)29-28-21-13-7-6-12-20(21)25(31)27-22(26(32)33)16-17-8-2-1-3-9-17/h1-15,22,30H,16H2,(H,27,31)(H,32,33)/t22-/m0/s1. The fourth-order valence-corrected chi connectivity index (χ4v) is 3.49. The van der Waals surface area contributed by atoms with E-state index in [9.17, 15) is 19.8 Å². The second kappa shape index (κ2) is 9.74. The lowest BCUT2D eigenvalue weighted by Gasteiger charge is -2.15. The predicted molar refractivity (Wildman–Crippen MR) is 125 cm³/mol. The molecule has 0 saturated heterocycles. The fraction of sp³-hybridized carbons (Fsp3) is 0.0769. The van der Waals surface area contributed by atoms with E-state index in [4.69, 9.17) is 0 Å². The molecule has 4 aromatic rings. The molecule has 0 unspecified atom stereocenters. The van der Waals surface area contributed by atoms with E-state index < -0.39 is 17.9 Å². The van der Waals surface area contributed by atoms with Crippen LogP contribution in [-0.4, -0.2) is 28.1 Å². The molecule has 0 aromatic heterocycles. The van der Waals surface area contributed by atoms with Gasteiger partial charge in [-0.15, -0.1) is 10.2 Å². The van der Waals surface area contributed by atoms with Crippen molar-refractivity contribution in [3.63, 3.8) is 0 Å². The summed E-state index contributed by atoms with van der Waals surface area (Å²) in [6.07, 6.45) is 0.148. The number of carbonyl (C=O) groups excluding carboxylic acids is 1. The molecule has 1 atom stereocenters. The molecule has 0 spiro atoms. The van der Waals surface area contributed by atoms with Gasteiger partial charge in [0.2, 0.25) is 0 Å². The lowest BCUT2D eigenvalue weighted by atomic mass is 10.1. The molecule has 164 valence electrons. The molecule has 33 heavy (non-hydrogen) atoms. The highest BCUT2D eigenvalue weighted by Crippen LogP contribution is 2.36. The Morgan fingerprint density at radius 2 is 1.52 bits per heavy atom. The quantitative estimate of drug-likeness (QED) is 0.335. The maximum Gasteiger partial charge on any atom is 0.326 e. The van der Waals surface area contributed by atoms with Gasteiger partial charge in [-0.2, -0.15) is 0 Å². The lowest BCUT2D eigenvalue weighted by molar-refractivity contribution is -0.139. The Kier molecular flexibility index (Phi) is 6.40. The maximum absolute atomic E-state index is 12.9. The summed E-state index contributed by atoms with van der Waals surface area (Å²) in [7, 11) is 0. The van der Waals surface area contributed by atoms with Crippen molar-refractivity contribution in [1.29, 1.82) is 0 Å². The molecule has 0 aliphatic rings. The van der Waals surface area contributed by atoms with Crippen LogP contribution in [0.15, 0.2) is 101 Å². The molecule has 0 saturated carbocycles. The molecule has 0 heterocycles. The summed E-state index contributed by atoms with van der Waals surface area (Å²) in [5, 5.41) is 32.5. The average Bonchev–Trinajstić information content (AvgIpc) is 2.83. The number of carboxylic acids is 1. The summed E-state index contributed by atoms with van der Waals surface area (Å²) in [5.74, 6) is -1.74. The topological polar surface area (TPSA) is 111 Å². The number of aromatic hydroxyl groups is 1. The van der Waals surface area contributed by atoms with E-state index in [0.717, 1.165) is 16.3 Å². The zero-order valence-corrected chi connectivity index (χ0v) is 17.6. The molecule has 0 radical (unpaired) electrons. The van der Waals surface area contributed by atoms with Crippen LogP contribution in [0, 0.1) is 0 Å². The fourth-order valence-electron chi connectivity index (χ4n) is 3.49. The maximum atomic E-state index is 12.9. The number of aliphatic carboxylic acids is 1. The normalized spacial score (nSPS) is 12.0. The summed E-state index contributed by atoms with van der Waals surface area (Å²) in [6.45, 7) is 0. The zero-order valence-electron chi connectivity index (χ0n) is 17.6. The van der Waals surface area contributed by atoms with Crippen LogP contribution in [0.2, 0.25) is 0 Å². The number of amides is 1. The van der Waals surface area contributed by atoms with E-state index in [1.807, 2.05) is 42.5 Å². The molecule has 7 nitrogen and oxygen atoms in total. The van der Waals surface area contributed by atoms with Crippen LogP contribution >= 0.6 is 0 Å². The van der Waals surface area contributed by atoms with Crippen molar-refractivity contribution in [2.24, 2.45) is 10.2 Å². The molecule has 4 aromatic carbocycles. The zero-order chi connectivity index (χ0) is 23.2. The smallest absolute Gasteiger partial charge is 0.326 e. The van der Waals surface area contributed by atoms with Crippen LogP contribution in [-0.2, 0) is 11.2 Å². The Bertz CT molecular complexity index is 1340. The highest BCUT2D eigenvalue weighted by molar-refractivity contribution is 6.01. The largest absolute Gasteiger partial charge is 0.506 e. The van der Waals surface area contributed by atoms with Gasteiger partial charge < -0.3 is 15.5 Å². The summed E-state index contributed by atoms with van der Waals surface area (Å²) < 4.78 is 0. The number of carbonyl (C=O) groups is 2. The number of rotatable bonds is 7. The molecule has 7 heteroatoms. The first-order valence-electron chi connectivity index (χ1n) is 10.3. The monoisotopic (exact) mass is 439 g/mol. The van der Waals surface area contributed by atoms with Crippen molar-refractivity contribution in [1.82, 2.24) is 5.32 Å². The third kappa shape index (κ3) is 5.04. The number of phenols is 1. The highest BCUT2D eigenvalue weighted by atomic mass is 16.4. The SMILES string of the molecule is O=C(N[C@@H](Cc1ccccc1)C(=O)O)c1ccccc1N=Nc1c(O)ccc2ccccc12. The Morgan fingerprint density at radius 1 is 0.818 bits per heavy atom. The van der Waals surface area contributed by atoms with Gasteiger partial charge in [0.05, 0.1) is 11.3 Å². The summed E-state index contributed by atoms with van der Waals surface area (Å²) in [6, 6.07) is 25.3. The third-order valence-corrected chi connectivity index (χ3v) is 5.17. The lowest BCUT2D eigenvalue weighted by Crippen LogP contribution is -2.42. The highest BCUT2D eigenvalue weighted by Gasteiger charge is 2.22. The van der Waals surface area contributed by atoms with Gasteiger partial charge in [-0.25, -0.2) is 4.79 Å². The molecule has 1 amide bonds. The second-order valence-corrected chi connectivity index (χ2v) is 7.43. The molecule has 0 fully saturated rings. The minimum Gasteiger partial charge on any atom is -0.506 e. The Labute approximate surface area is 190 Å². The van der Waals surface area contributed by atoms with Crippen molar-refractivity contribution in [2.45, 2.75) is 12.5 Å². The second-order valence-electron chi connectivity index (χ2n) is 7.43. The minimum atomic E-state index is -1.13. The number of azo groups is 1. The molecular formula is C26H21N3O4. The summed E-state index contributed by atoms with van der Waals surface area (Å²) in [4.78, 5) is 24.7. The van der Waals surface area contributed by atoms with Gasteiger partial charge in [0, 0.05) is 11.8 Å². The summed E-state index contributed by atoms with van der Waals surface area (Å²) in [5.41, 5.74) is 1.52. The van der Waals surface area contributed by atoms with Crippen LogP contribution in [0.4, 0.5) is 11.4 Å². The minimum absolute atomic E-state index is 0.0341. The van der Waals surface area contributed by atoms with Crippen molar-refractivity contribution in [2.75, 3.05) is 0 Å². The Morgan fingerprint density at radius 3 is 2.30 bits per heavy atom. The molecule has 0 aliphatic heterocycles. The van der Waals surface area contributed by atoms with E-state index in [1.165, 1.54) is 6.07 Å². The number of phenolic OH excluding ortho intramolecular Hbond substituents is 1. The Balaban J connectivity index is 1.60. The molecule has 0 bridgehead atoms. The van der Waals surface area contributed by atoms with Gasteiger partial charge >= 0.3 is 5.97 Å². The van der Waals surface area contributed by atoms with Crippen molar-refractivity contribution in [3.05, 3.63) is 102 Å². The van der Waals surface area contributed by atoms with Crippen LogP contribution in [0.5, 0.6) is 5.75 Å². The van der Waals surface area contributed by atoms with Crippen LogP contribution in [0.25, 0.3) is 10.8 Å². The average molecular weight is 439 g/mol. The van der Waals surface area contributed by atoms with Crippen LogP contribution < -0.4 is 5.32 Å². The number of nitrogens with one attached hydrogen (secondary N) is 1. The van der Waals surface area contributed by atoms with Gasteiger partial charge in [0.15, 0.2) is 0 Å². The molecular weight excluding hydrogens is 418 g/mol. The van der Waals surface area contributed by atoms with E-state index in [1.54, 1.807) is 42.5 Å². The number of nitrogens with zero attached hydrogens (tertiary/aromatic N) is 2. The van der Waals surface area contributed by atoms with Crippen molar-refractivity contribution < 1.29 is 19.8 Å². The van der Waals surface area contributed by atoms with Gasteiger partial charge in [-0.05, 0) is 29.1 Å². The van der Waals surface area contributed by atoms with Crippen molar-refractivity contribution >= 4 is 34.0 Å². The number of fused-ring (bicyclic) bond motifs is 1. The predicted octanol–water partition coefficient (Wildman–Crippen LogP) is 5.39. The number of hydrogen-bond acceptors (Lipinski definition) is 5. The van der Waals surface area contributed by atoms with E-state index in [-0.39, 0.29) is 29.1 Å². The number of carboxylic acid groups (broad SMARTS) is 1. The molecule has 0 aliphatic carbocycles. The number of benzene rings is 4. The van der Waals surface area contributed by atoms with E-state index >= 15 is 0 Å². The Hall–Kier alpha value is -4.52. The first-order valence-corrected chi connectivity index (χ1v) is 10.3. The number of hydrogen-bond donors (Lipinski definition) is 3. The van der Waals surface area contributed by atoms with Crippen molar-refractivity contribution in [3.8, 4) is 5.75 Å². The van der Waals surface area contributed by atoms with Crippen LogP contribution in [0.1, 0.15) is 15.9 Å². The van der Waals surface area contributed by atoms with E-state index in [0.29, 0.717) is 0 Å². The van der Waals surface area contributed by atoms with Crippen LogP contribution in [0.3, 0.4) is 0 Å². The summed E-state index contributed by atoms with van der Waals surface area (Å²) >= 11 is 0. The first-order chi connectivity index (χ1) is 16.0. The van der Waals surface area contributed by atoms with E-state index in [2.05, 4.69) is 15.5 Å². The van der Waals surface area contributed by atoms with Gasteiger partial charge in [0.25, 0.3) is 5.91 Å². The molecule has 3 N–H and O–H groups in total. The van der Waals surface area contributed by atoms with Gasteiger partial charge in [0.1, 0.15) is 17.5 Å². The molecule has 4 rings (SSSR count). The van der Waals surface area contributed by atoms with Gasteiger partial charge in [-0.1, -0.05) is 72.8 Å².